The first-order chi connectivity index (χ1) is 9.66. The van der Waals surface area contributed by atoms with Crippen molar-refractivity contribution in [2.24, 2.45) is 17.6 Å². The van der Waals surface area contributed by atoms with Gasteiger partial charge in [0.15, 0.2) is 0 Å². The number of halogens is 2. The molecule has 2 aliphatic rings. The van der Waals surface area contributed by atoms with E-state index < -0.39 is 0 Å². The molecule has 4 rings (SSSR count). The van der Waals surface area contributed by atoms with E-state index in [-0.39, 0.29) is 6.04 Å². The van der Waals surface area contributed by atoms with Crippen LogP contribution in [0.1, 0.15) is 34.4 Å². The Balaban J connectivity index is 1.63. The molecule has 1 aromatic carbocycles. The van der Waals surface area contributed by atoms with E-state index in [0.29, 0.717) is 11.8 Å². The Morgan fingerprint density at radius 3 is 2.80 bits per heavy atom. The van der Waals surface area contributed by atoms with Crippen molar-refractivity contribution in [1.82, 2.24) is 0 Å². The van der Waals surface area contributed by atoms with Crippen molar-refractivity contribution in [3.05, 3.63) is 54.6 Å². The topological polar surface area (TPSA) is 26.0 Å². The van der Waals surface area contributed by atoms with E-state index in [1.807, 2.05) is 0 Å². The van der Waals surface area contributed by atoms with Crippen LogP contribution in [-0.2, 0) is 6.42 Å². The third kappa shape index (κ3) is 2.04. The van der Waals surface area contributed by atoms with E-state index in [1.54, 1.807) is 16.9 Å². The van der Waals surface area contributed by atoms with Gasteiger partial charge in [-0.2, -0.15) is 0 Å². The molecule has 4 unspecified atom stereocenters. The fraction of sp³-hybridized carbons (Fsp3) is 0.375. The summed E-state index contributed by atoms with van der Waals surface area (Å²) in [6, 6.07) is 11.3. The predicted molar refractivity (Wildman–Crippen MR) is 91.1 cm³/mol. The number of nitrogens with two attached hydrogens (primary N) is 1. The molecule has 0 spiro atoms. The minimum absolute atomic E-state index is 0.170. The molecule has 4 heteroatoms. The Morgan fingerprint density at radius 2 is 2.05 bits per heavy atom. The molecule has 0 saturated heterocycles. The fourth-order valence-electron chi connectivity index (χ4n) is 3.83. The highest BCUT2D eigenvalue weighted by Gasteiger charge is 2.55. The normalized spacial score (nSPS) is 28.6. The largest absolute Gasteiger partial charge is 0.323 e. The second kappa shape index (κ2) is 4.94. The molecule has 1 saturated carbocycles. The molecule has 0 amide bonds. The maximum absolute atomic E-state index is 6.57. The average Bonchev–Trinajstić information content (AvgIpc) is 3.11. The second-order valence-electron chi connectivity index (χ2n) is 5.80. The van der Waals surface area contributed by atoms with Crippen molar-refractivity contribution in [1.29, 1.82) is 0 Å². The molecule has 2 aliphatic carbocycles. The van der Waals surface area contributed by atoms with Gasteiger partial charge in [-0.05, 0) is 79.6 Å². The molecule has 1 heterocycles. The monoisotopic (exact) mass is 411 g/mol. The van der Waals surface area contributed by atoms with Crippen LogP contribution in [0.4, 0.5) is 0 Å². The Labute approximate surface area is 139 Å². The van der Waals surface area contributed by atoms with Crippen molar-refractivity contribution < 1.29 is 0 Å². The van der Waals surface area contributed by atoms with Crippen LogP contribution in [0.2, 0.25) is 0 Å². The molecule has 104 valence electrons. The molecule has 4 atom stereocenters. The summed E-state index contributed by atoms with van der Waals surface area (Å²) in [5.74, 6) is 2.10. The van der Waals surface area contributed by atoms with Gasteiger partial charge in [0.2, 0.25) is 0 Å². The van der Waals surface area contributed by atoms with Gasteiger partial charge in [-0.1, -0.05) is 24.3 Å². The van der Waals surface area contributed by atoms with E-state index >= 15 is 0 Å². The highest BCUT2D eigenvalue weighted by Crippen LogP contribution is 2.64. The third-order valence-electron chi connectivity index (χ3n) is 4.80. The van der Waals surface area contributed by atoms with Crippen LogP contribution in [0.25, 0.3) is 0 Å². The summed E-state index contributed by atoms with van der Waals surface area (Å²) in [4.78, 5) is 1.29. The first-order valence-corrected chi connectivity index (χ1v) is 9.35. The van der Waals surface area contributed by atoms with Crippen molar-refractivity contribution in [2.45, 2.75) is 24.8 Å². The lowest BCUT2D eigenvalue weighted by Gasteiger charge is -2.13. The van der Waals surface area contributed by atoms with Crippen molar-refractivity contribution >= 4 is 43.2 Å². The van der Waals surface area contributed by atoms with Gasteiger partial charge in [-0.25, -0.2) is 0 Å². The number of rotatable bonds is 2. The van der Waals surface area contributed by atoms with Gasteiger partial charge in [-0.3, -0.25) is 0 Å². The molecule has 1 aromatic heterocycles. The molecule has 0 radical (unpaired) electrons. The van der Waals surface area contributed by atoms with E-state index in [9.17, 15) is 0 Å². The molecule has 1 fully saturated rings. The molecular formula is C16H15Br2NS. The van der Waals surface area contributed by atoms with E-state index in [0.717, 1.165) is 14.2 Å². The van der Waals surface area contributed by atoms with E-state index in [2.05, 4.69) is 62.2 Å². The lowest BCUT2D eigenvalue weighted by atomic mass is 9.92. The second-order valence-corrected chi connectivity index (χ2v) is 9.06. The molecule has 1 nitrogen and oxygen atoms in total. The molecule has 2 aromatic rings. The Bertz CT molecular complexity index is 647. The van der Waals surface area contributed by atoms with Crippen LogP contribution in [0.3, 0.4) is 0 Å². The zero-order valence-electron chi connectivity index (χ0n) is 10.9. The van der Waals surface area contributed by atoms with Gasteiger partial charge in [0, 0.05) is 15.4 Å². The Hall–Kier alpha value is -0.160. The first-order valence-electron chi connectivity index (χ1n) is 6.95. The van der Waals surface area contributed by atoms with Crippen molar-refractivity contribution in [3.8, 4) is 0 Å². The molecule has 0 aliphatic heterocycles. The third-order valence-corrected chi connectivity index (χ3v) is 8.16. The van der Waals surface area contributed by atoms with Gasteiger partial charge in [0.05, 0.1) is 3.79 Å². The summed E-state index contributed by atoms with van der Waals surface area (Å²) in [5.41, 5.74) is 9.66. The fourth-order valence-corrected chi connectivity index (χ4v) is 5.98. The standard InChI is InChI=1S/C16H15Br2NS/c17-11-7-12(20-16(11)18)15(19)14-10-6-5-8-3-1-2-4-9(8)13(10)14/h1-4,7,10,13-15H,5-6,19H2. The minimum atomic E-state index is 0.170. The van der Waals surface area contributed by atoms with Crippen LogP contribution in [0.15, 0.2) is 38.6 Å². The average molecular weight is 413 g/mol. The van der Waals surface area contributed by atoms with Gasteiger partial charge in [-0.15, -0.1) is 11.3 Å². The lowest BCUT2D eigenvalue weighted by molar-refractivity contribution is 0.561. The zero-order chi connectivity index (χ0) is 13.9. The summed E-state index contributed by atoms with van der Waals surface area (Å²) >= 11 is 8.90. The summed E-state index contributed by atoms with van der Waals surface area (Å²) in [5, 5.41) is 0. The van der Waals surface area contributed by atoms with Crippen LogP contribution >= 0.6 is 43.2 Å². The van der Waals surface area contributed by atoms with Crippen LogP contribution in [0, 0.1) is 11.8 Å². The summed E-state index contributed by atoms with van der Waals surface area (Å²) < 4.78 is 2.27. The maximum atomic E-state index is 6.57. The van der Waals surface area contributed by atoms with E-state index in [1.165, 1.54) is 23.3 Å². The molecular weight excluding hydrogens is 398 g/mol. The van der Waals surface area contributed by atoms with Crippen molar-refractivity contribution in [2.75, 3.05) is 0 Å². The Kier molecular flexibility index (Phi) is 3.33. The lowest BCUT2D eigenvalue weighted by Crippen LogP contribution is -2.12. The quantitative estimate of drug-likeness (QED) is 0.716. The molecule has 20 heavy (non-hydrogen) atoms. The van der Waals surface area contributed by atoms with Crippen LogP contribution < -0.4 is 5.73 Å². The Morgan fingerprint density at radius 1 is 1.25 bits per heavy atom. The molecule has 0 bridgehead atoms. The summed E-state index contributed by atoms with van der Waals surface area (Å²) in [6.07, 6.45) is 2.52. The van der Waals surface area contributed by atoms with Gasteiger partial charge >= 0.3 is 0 Å². The smallest absolute Gasteiger partial charge is 0.0843 e. The minimum Gasteiger partial charge on any atom is -0.323 e. The first kappa shape index (κ1) is 13.5. The molecule has 2 N–H and O–H groups in total. The summed E-state index contributed by atoms with van der Waals surface area (Å²) in [6.45, 7) is 0. The summed E-state index contributed by atoms with van der Waals surface area (Å²) in [7, 11) is 0. The number of benzene rings is 1. The number of fused-ring (bicyclic) bond motifs is 3. The zero-order valence-corrected chi connectivity index (χ0v) is 14.8. The SMILES string of the molecule is NC(c1cc(Br)c(Br)s1)C1C2CCc3ccccc3C21. The number of thiophene rings is 1. The maximum Gasteiger partial charge on any atom is 0.0843 e. The van der Waals surface area contributed by atoms with Crippen molar-refractivity contribution in [3.63, 3.8) is 0 Å². The number of hydrogen-bond donors (Lipinski definition) is 1. The van der Waals surface area contributed by atoms with Crippen LogP contribution in [0.5, 0.6) is 0 Å². The van der Waals surface area contributed by atoms with E-state index in [4.69, 9.17) is 5.73 Å². The van der Waals surface area contributed by atoms with Gasteiger partial charge in [0.1, 0.15) is 0 Å². The van der Waals surface area contributed by atoms with Crippen LogP contribution in [-0.4, -0.2) is 0 Å². The number of hydrogen-bond acceptors (Lipinski definition) is 2. The highest BCUT2D eigenvalue weighted by atomic mass is 79.9. The predicted octanol–water partition coefficient (Wildman–Crippen LogP) is 5.25. The van der Waals surface area contributed by atoms with Gasteiger partial charge < -0.3 is 5.73 Å². The van der Waals surface area contributed by atoms with Gasteiger partial charge in [0.25, 0.3) is 0 Å². The highest BCUT2D eigenvalue weighted by molar-refractivity contribution is 9.13. The number of aryl methyl sites for hydroxylation is 1.